The molecule has 2 heterocycles. The van der Waals surface area contributed by atoms with Crippen molar-refractivity contribution in [2.75, 3.05) is 0 Å². The quantitative estimate of drug-likeness (QED) is 0.896. The van der Waals surface area contributed by atoms with E-state index in [0.717, 1.165) is 8.66 Å². The topological polar surface area (TPSA) is 79.3 Å². The summed E-state index contributed by atoms with van der Waals surface area (Å²) in [4.78, 5) is 27.4. The molecule has 0 fully saturated rings. The Morgan fingerprint density at radius 1 is 1.26 bits per heavy atom. The number of nitrogens with zero attached hydrogens (tertiary/aromatic N) is 1. The fraction of sp³-hybridized carbons (Fsp3) is 0.0833. The summed E-state index contributed by atoms with van der Waals surface area (Å²) >= 11 is 4.86. The lowest BCUT2D eigenvalue weighted by Crippen LogP contribution is -2.24. The molecule has 0 aromatic carbocycles. The van der Waals surface area contributed by atoms with Gasteiger partial charge in [-0.05, 0) is 40.2 Å². The van der Waals surface area contributed by atoms with Gasteiger partial charge in [0.25, 0.3) is 5.91 Å². The van der Waals surface area contributed by atoms with Crippen LogP contribution < -0.4 is 5.32 Å². The summed E-state index contributed by atoms with van der Waals surface area (Å²) in [6.07, 6.45) is 0. The molecule has 5 nitrogen and oxygen atoms in total. The Bertz CT molecular complexity index is 627. The number of rotatable bonds is 4. The number of carbonyl (C=O) groups excluding carboxylic acids is 1. The predicted octanol–water partition coefficient (Wildman–Crippen LogP) is 2.53. The van der Waals surface area contributed by atoms with E-state index in [1.165, 1.54) is 29.5 Å². The first kappa shape index (κ1) is 13.7. The molecule has 0 saturated carbocycles. The maximum atomic E-state index is 11.8. The summed E-state index contributed by atoms with van der Waals surface area (Å²) in [5.74, 6) is -1.55. The lowest BCUT2D eigenvalue weighted by atomic mass is 10.3. The van der Waals surface area contributed by atoms with Crippen molar-refractivity contribution in [1.29, 1.82) is 0 Å². The zero-order valence-electron chi connectivity index (χ0n) is 9.59. The van der Waals surface area contributed by atoms with E-state index in [1.54, 1.807) is 0 Å². The Morgan fingerprint density at radius 3 is 2.63 bits per heavy atom. The standard InChI is InChI=1S/C12H9BrN2O3S/c13-10-5-4-7(19-10)6-14-11(16)8-2-1-3-9(15-8)12(17)18/h1-5H,6H2,(H,14,16)(H,17,18). The largest absolute Gasteiger partial charge is 0.477 e. The zero-order chi connectivity index (χ0) is 13.8. The SMILES string of the molecule is O=C(O)c1cccc(C(=O)NCc2ccc(Br)s2)n1. The Labute approximate surface area is 121 Å². The molecule has 2 aromatic rings. The third-order valence-electron chi connectivity index (χ3n) is 2.25. The first-order valence-electron chi connectivity index (χ1n) is 5.29. The molecule has 1 amide bonds. The van der Waals surface area contributed by atoms with Gasteiger partial charge in [0, 0.05) is 4.88 Å². The number of carbonyl (C=O) groups is 2. The number of hydrogen-bond acceptors (Lipinski definition) is 4. The van der Waals surface area contributed by atoms with Crippen LogP contribution in [0.2, 0.25) is 0 Å². The van der Waals surface area contributed by atoms with Crippen molar-refractivity contribution in [2.45, 2.75) is 6.54 Å². The summed E-state index contributed by atoms with van der Waals surface area (Å²) in [6, 6.07) is 8.11. The molecule has 0 unspecified atom stereocenters. The van der Waals surface area contributed by atoms with Crippen LogP contribution in [0, 0.1) is 0 Å². The minimum atomic E-state index is -1.16. The predicted molar refractivity (Wildman–Crippen MR) is 74.4 cm³/mol. The van der Waals surface area contributed by atoms with E-state index in [-0.39, 0.29) is 11.4 Å². The third kappa shape index (κ3) is 3.62. The summed E-state index contributed by atoms with van der Waals surface area (Å²) < 4.78 is 0.989. The van der Waals surface area contributed by atoms with Crippen LogP contribution in [0.15, 0.2) is 34.1 Å². The second-order valence-electron chi connectivity index (χ2n) is 3.60. The van der Waals surface area contributed by atoms with Crippen molar-refractivity contribution in [2.24, 2.45) is 0 Å². The molecular formula is C12H9BrN2O3S. The van der Waals surface area contributed by atoms with Crippen LogP contribution in [0.3, 0.4) is 0 Å². The summed E-state index contributed by atoms with van der Waals surface area (Å²) in [6.45, 7) is 0.383. The van der Waals surface area contributed by atoms with Crippen molar-refractivity contribution in [3.05, 3.63) is 50.4 Å². The van der Waals surface area contributed by atoms with Crippen molar-refractivity contribution < 1.29 is 14.7 Å². The zero-order valence-corrected chi connectivity index (χ0v) is 12.0. The summed E-state index contributed by atoms with van der Waals surface area (Å²) in [5.41, 5.74) is -0.0537. The number of amides is 1. The minimum Gasteiger partial charge on any atom is -0.477 e. The van der Waals surface area contributed by atoms with E-state index in [9.17, 15) is 9.59 Å². The van der Waals surface area contributed by atoms with Crippen LogP contribution in [-0.2, 0) is 6.54 Å². The Hall–Kier alpha value is -1.73. The maximum Gasteiger partial charge on any atom is 0.354 e. The molecule has 2 aromatic heterocycles. The molecule has 0 spiro atoms. The highest BCUT2D eigenvalue weighted by atomic mass is 79.9. The molecule has 0 saturated heterocycles. The highest BCUT2D eigenvalue weighted by molar-refractivity contribution is 9.11. The lowest BCUT2D eigenvalue weighted by molar-refractivity contribution is 0.0690. The second kappa shape index (κ2) is 5.94. The molecular weight excluding hydrogens is 332 g/mol. The van der Waals surface area contributed by atoms with Gasteiger partial charge in [-0.2, -0.15) is 0 Å². The third-order valence-corrected chi connectivity index (χ3v) is 3.88. The fourth-order valence-corrected chi connectivity index (χ4v) is 2.81. The van der Waals surface area contributed by atoms with Crippen molar-refractivity contribution >= 4 is 39.1 Å². The van der Waals surface area contributed by atoms with Crippen LogP contribution in [0.4, 0.5) is 0 Å². The van der Waals surface area contributed by atoms with E-state index in [1.807, 2.05) is 12.1 Å². The smallest absolute Gasteiger partial charge is 0.354 e. The molecule has 2 rings (SSSR count). The van der Waals surface area contributed by atoms with Crippen molar-refractivity contribution in [1.82, 2.24) is 10.3 Å². The molecule has 0 aliphatic rings. The normalized spacial score (nSPS) is 10.2. The highest BCUT2D eigenvalue weighted by Crippen LogP contribution is 2.21. The fourth-order valence-electron chi connectivity index (χ4n) is 1.38. The number of aromatic carboxylic acids is 1. The monoisotopic (exact) mass is 340 g/mol. The van der Waals surface area contributed by atoms with E-state index < -0.39 is 11.9 Å². The van der Waals surface area contributed by atoms with Gasteiger partial charge in [0.2, 0.25) is 0 Å². The molecule has 19 heavy (non-hydrogen) atoms. The average molecular weight is 341 g/mol. The molecule has 7 heteroatoms. The number of pyridine rings is 1. The summed E-state index contributed by atoms with van der Waals surface area (Å²) in [7, 11) is 0. The molecule has 2 N–H and O–H groups in total. The minimum absolute atomic E-state index is 0.0931. The number of halogens is 1. The van der Waals surface area contributed by atoms with Gasteiger partial charge < -0.3 is 10.4 Å². The van der Waals surface area contributed by atoms with Gasteiger partial charge in [-0.25, -0.2) is 9.78 Å². The van der Waals surface area contributed by atoms with Crippen LogP contribution in [0.1, 0.15) is 25.9 Å². The van der Waals surface area contributed by atoms with Crippen molar-refractivity contribution in [3.8, 4) is 0 Å². The second-order valence-corrected chi connectivity index (χ2v) is 6.15. The van der Waals surface area contributed by atoms with E-state index in [2.05, 4.69) is 26.2 Å². The molecule has 0 bridgehead atoms. The van der Waals surface area contributed by atoms with Crippen LogP contribution in [0.25, 0.3) is 0 Å². The van der Waals surface area contributed by atoms with Gasteiger partial charge in [0.15, 0.2) is 0 Å². The van der Waals surface area contributed by atoms with Gasteiger partial charge >= 0.3 is 5.97 Å². The average Bonchev–Trinajstić information content (AvgIpc) is 2.82. The lowest BCUT2D eigenvalue weighted by Gasteiger charge is -2.03. The van der Waals surface area contributed by atoms with Crippen LogP contribution in [0.5, 0.6) is 0 Å². The van der Waals surface area contributed by atoms with E-state index in [0.29, 0.717) is 6.54 Å². The number of carboxylic acid groups (broad SMARTS) is 1. The number of hydrogen-bond donors (Lipinski definition) is 2. The van der Waals surface area contributed by atoms with Gasteiger partial charge in [-0.1, -0.05) is 6.07 Å². The van der Waals surface area contributed by atoms with Gasteiger partial charge in [0.05, 0.1) is 10.3 Å². The van der Waals surface area contributed by atoms with Crippen LogP contribution >= 0.6 is 27.3 Å². The highest BCUT2D eigenvalue weighted by Gasteiger charge is 2.11. The number of thiophene rings is 1. The number of nitrogens with one attached hydrogen (secondary N) is 1. The molecule has 0 aliphatic carbocycles. The summed E-state index contributed by atoms with van der Waals surface area (Å²) in [5, 5.41) is 11.5. The molecule has 0 atom stereocenters. The van der Waals surface area contributed by atoms with Gasteiger partial charge in [0.1, 0.15) is 11.4 Å². The number of aromatic nitrogens is 1. The Balaban J connectivity index is 2.03. The van der Waals surface area contributed by atoms with Gasteiger partial charge in [-0.3, -0.25) is 4.79 Å². The molecule has 0 aliphatic heterocycles. The molecule has 0 radical (unpaired) electrons. The van der Waals surface area contributed by atoms with E-state index >= 15 is 0 Å². The first-order valence-corrected chi connectivity index (χ1v) is 6.90. The van der Waals surface area contributed by atoms with E-state index in [4.69, 9.17) is 5.11 Å². The molecule has 98 valence electrons. The number of carboxylic acids is 1. The van der Waals surface area contributed by atoms with Crippen molar-refractivity contribution in [3.63, 3.8) is 0 Å². The Morgan fingerprint density at radius 2 is 2.00 bits per heavy atom. The van der Waals surface area contributed by atoms with Crippen LogP contribution in [-0.4, -0.2) is 22.0 Å². The van der Waals surface area contributed by atoms with Gasteiger partial charge in [-0.15, -0.1) is 11.3 Å². The Kier molecular flexibility index (Phi) is 4.28. The maximum absolute atomic E-state index is 11.8. The first-order chi connectivity index (χ1) is 9.06.